The fourth-order valence-corrected chi connectivity index (χ4v) is 6.17. The van der Waals surface area contributed by atoms with Crippen LogP contribution in [0.4, 0.5) is 0 Å². The lowest BCUT2D eigenvalue weighted by Gasteiger charge is -2.29. The Morgan fingerprint density at radius 1 is 0.919 bits per heavy atom. The van der Waals surface area contributed by atoms with E-state index in [1.54, 1.807) is 11.9 Å². The minimum atomic E-state index is -3.82. The number of piperazine rings is 1. The third-order valence-electron chi connectivity index (χ3n) is 6.38. The van der Waals surface area contributed by atoms with E-state index in [0.29, 0.717) is 18.4 Å². The Labute approximate surface area is 234 Å². The fourth-order valence-electron chi connectivity index (χ4n) is 4.24. The van der Waals surface area contributed by atoms with Gasteiger partial charge in [-0.2, -0.15) is 4.31 Å². The van der Waals surface area contributed by atoms with Crippen molar-refractivity contribution in [3.05, 3.63) is 98.4 Å². The van der Waals surface area contributed by atoms with Crippen molar-refractivity contribution < 1.29 is 18.0 Å². The molecule has 0 radical (unpaired) electrons. The lowest BCUT2D eigenvalue weighted by atomic mass is 9.97. The zero-order valence-electron chi connectivity index (χ0n) is 20.2. The molecule has 194 valence electrons. The molecule has 0 spiro atoms. The molecule has 7 nitrogen and oxygen atoms in total. The topological polar surface area (TPSA) is 86.8 Å². The molecule has 0 atom stereocenters. The molecule has 0 bridgehead atoms. The zero-order valence-corrected chi connectivity index (χ0v) is 24.2. The van der Waals surface area contributed by atoms with Crippen LogP contribution in [-0.2, 0) is 27.7 Å². The van der Waals surface area contributed by atoms with E-state index >= 15 is 0 Å². The molecule has 1 aliphatic heterocycles. The van der Waals surface area contributed by atoms with Crippen molar-refractivity contribution in [3.8, 4) is 0 Å². The Balaban J connectivity index is 1.54. The van der Waals surface area contributed by atoms with Crippen molar-refractivity contribution in [1.82, 2.24) is 14.5 Å². The van der Waals surface area contributed by atoms with Gasteiger partial charge in [-0.25, -0.2) is 8.42 Å². The summed E-state index contributed by atoms with van der Waals surface area (Å²) >= 11 is 6.94. The highest BCUT2D eigenvalue weighted by molar-refractivity contribution is 9.10. The van der Waals surface area contributed by atoms with Crippen LogP contribution in [0, 0.1) is 0 Å². The Morgan fingerprint density at radius 2 is 1.43 bits per heavy atom. The molecule has 10 heteroatoms. The molecule has 37 heavy (non-hydrogen) atoms. The highest BCUT2D eigenvalue weighted by Gasteiger charge is 2.29. The smallest absolute Gasteiger partial charge is 0.253 e. The second-order valence-electron chi connectivity index (χ2n) is 8.94. The van der Waals surface area contributed by atoms with Gasteiger partial charge in [0.2, 0.25) is 15.9 Å². The monoisotopic (exact) mass is 647 g/mol. The number of carbonyl (C=O) groups is 2. The van der Waals surface area contributed by atoms with Gasteiger partial charge < -0.3 is 10.2 Å². The highest BCUT2D eigenvalue weighted by atomic mass is 79.9. The first-order valence-electron chi connectivity index (χ1n) is 11.8. The Bertz CT molecular complexity index is 1310. The van der Waals surface area contributed by atoms with Gasteiger partial charge in [0, 0.05) is 40.7 Å². The third kappa shape index (κ3) is 6.87. The Hall–Kier alpha value is -2.53. The second-order valence-corrected chi connectivity index (χ2v) is 12.7. The van der Waals surface area contributed by atoms with Crippen LogP contribution >= 0.6 is 31.9 Å². The maximum Gasteiger partial charge on any atom is 0.253 e. The first kappa shape index (κ1) is 27.5. The molecule has 1 saturated heterocycles. The maximum absolute atomic E-state index is 13.5. The molecule has 1 heterocycles. The molecule has 0 aliphatic carbocycles. The number of hydrogen-bond donors (Lipinski definition) is 1. The van der Waals surface area contributed by atoms with Crippen LogP contribution in [0.25, 0.3) is 0 Å². The minimum Gasteiger partial charge on any atom is -0.354 e. The average molecular weight is 649 g/mol. The summed E-state index contributed by atoms with van der Waals surface area (Å²) < 4.78 is 29.0. The van der Waals surface area contributed by atoms with Crippen molar-refractivity contribution in [2.45, 2.75) is 23.8 Å². The van der Waals surface area contributed by atoms with Crippen molar-refractivity contribution in [2.24, 2.45) is 0 Å². The average Bonchev–Trinajstić information content (AvgIpc) is 2.90. The standard InChI is InChI=1S/C27H27Br2N3O4S/c1-31(24(16-19-2-8-22(28)9-3-19)17-20-4-10-23(29)11-5-20)27(34)21-6-12-25(13-7-21)37(35,36)32-15-14-30-26(33)18-32/h2-13,24H,14-18H2,1H3,(H,30,33). The summed E-state index contributed by atoms with van der Waals surface area (Å²) in [5.74, 6) is -0.522. The first-order chi connectivity index (χ1) is 17.6. The van der Waals surface area contributed by atoms with Gasteiger partial charge in [-0.05, 0) is 72.5 Å². The molecule has 0 saturated carbocycles. The van der Waals surface area contributed by atoms with Crippen LogP contribution in [0.1, 0.15) is 21.5 Å². The number of halogens is 2. The normalized spacial score (nSPS) is 14.4. The van der Waals surface area contributed by atoms with Crippen LogP contribution in [0.5, 0.6) is 0 Å². The van der Waals surface area contributed by atoms with Crippen LogP contribution in [0.15, 0.2) is 86.6 Å². The summed E-state index contributed by atoms with van der Waals surface area (Å²) in [5.41, 5.74) is 2.61. The second kappa shape index (κ2) is 11.9. The summed E-state index contributed by atoms with van der Waals surface area (Å²) in [6.45, 7) is 0.280. The van der Waals surface area contributed by atoms with Crippen LogP contribution in [0.3, 0.4) is 0 Å². The van der Waals surface area contributed by atoms with Crippen molar-refractivity contribution in [3.63, 3.8) is 0 Å². The van der Waals surface area contributed by atoms with Gasteiger partial charge in [0.15, 0.2) is 0 Å². The van der Waals surface area contributed by atoms with Crippen molar-refractivity contribution in [2.75, 3.05) is 26.7 Å². The lowest BCUT2D eigenvalue weighted by Crippen LogP contribution is -2.49. The molecule has 3 aromatic rings. The van der Waals surface area contributed by atoms with Crippen LogP contribution < -0.4 is 5.32 Å². The number of sulfonamides is 1. The number of likely N-dealkylation sites (N-methyl/N-ethyl adjacent to an activating group) is 1. The van der Waals surface area contributed by atoms with E-state index in [0.717, 1.165) is 24.4 Å². The molecule has 1 aliphatic rings. The van der Waals surface area contributed by atoms with Gasteiger partial charge in [0.05, 0.1) is 11.4 Å². The molecule has 4 rings (SSSR count). The number of nitrogens with zero attached hydrogens (tertiary/aromatic N) is 2. The number of hydrogen-bond acceptors (Lipinski definition) is 4. The summed E-state index contributed by atoms with van der Waals surface area (Å²) in [7, 11) is -2.04. The lowest BCUT2D eigenvalue weighted by molar-refractivity contribution is -0.122. The molecule has 2 amide bonds. The van der Waals surface area contributed by atoms with E-state index in [1.165, 1.54) is 24.3 Å². The van der Waals surface area contributed by atoms with E-state index in [9.17, 15) is 18.0 Å². The van der Waals surface area contributed by atoms with Gasteiger partial charge in [0.1, 0.15) is 0 Å². The number of carbonyl (C=O) groups excluding carboxylic acids is 2. The summed E-state index contributed by atoms with van der Waals surface area (Å²) in [6, 6.07) is 21.9. The van der Waals surface area contributed by atoms with Gasteiger partial charge >= 0.3 is 0 Å². The summed E-state index contributed by atoms with van der Waals surface area (Å²) in [5, 5.41) is 2.62. The predicted octanol–water partition coefficient (Wildman–Crippen LogP) is 4.26. The van der Waals surface area contributed by atoms with E-state index < -0.39 is 10.0 Å². The fraction of sp³-hybridized carbons (Fsp3) is 0.259. The number of nitrogens with one attached hydrogen (secondary N) is 1. The van der Waals surface area contributed by atoms with Gasteiger partial charge in [-0.3, -0.25) is 9.59 Å². The van der Waals surface area contributed by atoms with E-state index in [1.807, 2.05) is 48.5 Å². The molecule has 0 aromatic heterocycles. The van der Waals surface area contributed by atoms with E-state index in [2.05, 4.69) is 37.2 Å². The summed E-state index contributed by atoms with van der Waals surface area (Å²) in [6.07, 6.45) is 1.32. The zero-order chi connectivity index (χ0) is 26.6. The quantitative estimate of drug-likeness (QED) is 0.396. The first-order valence-corrected chi connectivity index (χ1v) is 14.8. The molecule has 1 fully saturated rings. The number of benzene rings is 3. The summed E-state index contributed by atoms with van der Waals surface area (Å²) in [4.78, 5) is 26.9. The van der Waals surface area contributed by atoms with Gasteiger partial charge in [-0.1, -0.05) is 56.1 Å². The molecular formula is C27H27Br2N3O4S. The number of amides is 2. The van der Waals surface area contributed by atoms with Crippen LogP contribution in [-0.4, -0.2) is 62.2 Å². The minimum absolute atomic E-state index is 0.0580. The Morgan fingerprint density at radius 3 is 1.92 bits per heavy atom. The van der Waals surface area contributed by atoms with Gasteiger partial charge in [-0.15, -0.1) is 0 Å². The van der Waals surface area contributed by atoms with E-state index in [4.69, 9.17) is 0 Å². The largest absolute Gasteiger partial charge is 0.354 e. The molecule has 0 unspecified atom stereocenters. The van der Waals surface area contributed by atoms with Gasteiger partial charge in [0.25, 0.3) is 5.91 Å². The van der Waals surface area contributed by atoms with E-state index in [-0.39, 0.29) is 42.4 Å². The predicted molar refractivity (Wildman–Crippen MR) is 150 cm³/mol. The third-order valence-corrected chi connectivity index (χ3v) is 9.30. The molecule has 1 N–H and O–H groups in total. The maximum atomic E-state index is 13.5. The molecule has 3 aromatic carbocycles. The SMILES string of the molecule is CN(C(=O)c1ccc(S(=O)(=O)N2CCNC(=O)C2)cc1)C(Cc1ccc(Br)cc1)Cc1ccc(Br)cc1. The van der Waals surface area contributed by atoms with Crippen molar-refractivity contribution >= 4 is 53.7 Å². The van der Waals surface area contributed by atoms with Crippen LogP contribution in [0.2, 0.25) is 0 Å². The number of rotatable bonds is 8. The highest BCUT2D eigenvalue weighted by Crippen LogP contribution is 2.21. The molecular weight excluding hydrogens is 622 g/mol. The van der Waals surface area contributed by atoms with Crippen molar-refractivity contribution in [1.29, 1.82) is 0 Å². The Kier molecular flexibility index (Phi) is 8.84.